The summed E-state index contributed by atoms with van der Waals surface area (Å²) in [5.41, 5.74) is -4.13. The van der Waals surface area contributed by atoms with E-state index in [9.17, 15) is 18.0 Å². The number of nitrogens with one attached hydrogen (secondary N) is 2. The van der Waals surface area contributed by atoms with Crippen molar-refractivity contribution in [1.29, 1.82) is 0 Å². The number of anilines is 1. The van der Waals surface area contributed by atoms with E-state index in [0.717, 1.165) is 0 Å². The summed E-state index contributed by atoms with van der Waals surface area (Å²) >= 11 is -0.212. The number of carbonyl (C=O) groups excluding carboxylic acids is 1. The Morgan fingerprint density at radius 1 is 1.24 bits per heavy atom. The highest BCUT2D eigenvalue weighted by molar-refractivity contribution is 8.00. The SMILES string of the molecule is CC(NC(=O)Nc1cccc(SC(F)(F)F)c1)C(C)(C)C. The molecular weight excluding hydrogens is 301 g/mol. The highest BCUT2D eigenvalue weighted by Gasteiger charge is 2.29. The first-order chi connectivity index (χ1) is 9.47. The molecule has 0 heterocycles. The topological polar surface area (TPSA) is 41.1 Å². The van der Waals surface area contributed by atoms with Gasteiger partial charge in [-0.1, -0.05) is 26.8 Å². The maximum absolute atomic E-state index is 12.3. The Morgan fingerprint density at radius 3 is 2.38 bits per heavy atom. The molecule has 0 bridgehead atoms. The maximum Gasteiger partial charge on any atom is 0.446 e. The number of alkyl halides is 3. The van der Waals surface area contributed by atoms with Gasteiger partial charge < -0.3 is 10.6 Å². The van der Waals surface area contributed by atoms with Crippen molar-refractivity contribution in [3.8, 4) is 0 Å². The zero-order valence-corrected chi connectivity index (χ0v) is 13.2. The third kappa shape index (κ3) is 6.75. The zero-order chi connectivity index (χ0) is 16.3. The summed E-state index contributed by atoms with van der Waals surface area (Å²) in [6.07, 6.45) is 0. The van der Waals surface area contributed by atoms with Gasteiger partial charge in [0.2, 0.25) is 0 Å². The van der Waals surface area contributed by atoms with Crippen molar-refractivity contribution in [2.75, 3.05) is 5.32 Å². The fourth-order valence-corrected chi connectivity index (χ4v) is 1.95. The van der Waals surface area contributed by atoms with Gasteiger partial charge in [-0.3, -0.25) is 0 Å². The number of halogens is 3. The number of amides is 2. The van der Waals surface area contributed by atoms with Crippen LogP contribution in [0.4, 0.5) is 23.7 Å². The van der Waals surface area contributed by atoms with Crippen molar-refractivity contribution in [2.45, 2.75) is 44.1 Å². The summed E-state index contributed by atoms with van der Waals surface area (Å²) in [6.45, 7) is 7.82. The van der Waals surface area contributed by atoms with Crippen molar-refractivity contribution >= 4 is 23.5 Å². The number of hydrogen-bond acceptors (Lipinski definition) is 2. The van der Waals surface area contributed by atoms with Gasteiger partial charge in [-0.25, -0.2) is 4.79 Å². The quantitative estimate of drug-likeness (QED) is 0.781. The van der Waals surface area contributed by atoms with E-state index in [1.165, 1.54) is 18.2 Å². The van der Waals surface area contributed by atoms with E-state index >= 15 is 0 Å². The minimum Gasteiger partial charge on any atom is -0.335 e. The lowest BCUT2D eigenvalue weighted by atomic mass is 9.88. The number of benzene rings is 1. The summed E-state index contributed by atoms with van der Waals surface area (Å²) in [7, 11) is 0. The lowest BCUT2D eigenvalue weighted by Crippen LogP contribution is -2.43. The Balaban J connectivity index is 2.67. The van der Waals surface area contributed by atoms with Crippen molar-refractivity contribution in [3.05, 3.63) is 24.3 Å². The minimum atomic E-state index is -4.35. The van der Waals surface area contributed by atoms with Gasteiger partial charge >= 0.3 is 11.5 Å². The molecule has 3 nitrogen and oxygen atoms in total. The molecule has 0 saturated carbocycles. The summed E-state index contributed by atoms with van der Waals surface area (Å²) in [6, 6.07) is 5.13. The minimum absolute atomic E-state index is 0.0316. The van der Waals surface area contributed by atoms with Crippen LogP contribution in [-0.2, 0) is 0 Å². The van der Waals surface area contributed by atoms with Crippen LogP contribution in [0.25, 0.3) is 0 Å². The van der Waals surface area contributed by atoms with Crippen molar-refractivity contribution in [2.24, 2.45) is 5.41 Å². The second-order valence-corrected chi connectivity index (χ2v) is 6.90. The fourth-order valence-electron chi connectivity index (χ4n) is 1.35. The van der Waals surface area contributed by atoms with Gasteiger partial charge in [0, 0.05) is 16.6 Å². The molecule has 1 aromatic carbocycles. The van der Waals surface area contributed by atoms with Gasteiger partial charge in [0.15, 0.2) is 0 Å². The first-order valence-corrected chi connectivity index (χ1v) is 7.22. The maximum atomic E-state index is 12.3. The van der Waals surface area contributed by atoms with Crippen LogP contribution in [0, 0.1) is 5.41 Å². The van der Waals surface area contributed by atoms with Crippen molar-refractivity contribution in [1.82, 2.24) is 5.32 Å². The molecule has 2 amide bonds. The molecule has 118 valence electrons. The Kier molecular flexibility index (Phi) is 5.55. The zero-order valence-electron chi connectivity index (χ0n) is 12.3. The van der Waals surface area contributed by atoms with Crippen LogP contribution in [0.15, 0.2) is 29.2 Å². The van der Waals surface area contributed by atoms with E-state index in [1.54, 1.807) is 6.07 Å². The standard InChI is InChI=1S/C14H19F3N2OS/c1-9(13(2,3)4)18-12(20)19-10-6-5-7-11(8-10)21-14(15,16)17/h5-9H,1-4H3,(H2,18,19,20). The smallest absolute Gasteiger partial charge is 0.335 e. The molecule has 0 fully saturated rings. The van der Waals surface area contributed by atoms with E-state index in [-0.39, 0.29) is 28.1 Å². The average Bonchev–Trinajstić information content (AvgIpc) is 2.25. The van der Waals surface area contributed by atoms with E-state index < -0.39 is 11.5 Å². The Hall–Kier alpha value is -1.37. The molecule has 0 saturated heterocycles. The normalized spacial score (nSPS) is 13.7. The summed E-state index contributed by atoms with van der Waals surface area (Å²) in [5.74, 6) is 0. The molecule has 0 aliphatic carbocycles. The third-order valence-electron chi connectivity index (χ3n) is 2.97. The van der Waals surface area contributed by atoms with E-state index in [2.05, 4.69) is 10.6 Å². The number of carbonyl (C=O) groups is 1. The molecule has 1 rings (SSSR count). The van der Waals surface area contributed by atoms with Crippen LogP contribution in [0.1, 0.15) is 27.7 Å². The number of urea groups is 1. The van der Waals surface area contributed by atoms with Gasteiger partial charge in [-0.2, -0.15) is 13.2 Å². The summed E-state index contributed by atoms with van der Waals surface area (Å²) < 4.78 is 36.9. The average molecular weight is 320 g/mol. The van der Waals surface area contributed by atoms with Gasteiger partial charge in [0.1, 0.15) is 0 Å². The Morgan fingerprint density at radius 2 is 1.86 bits per heavy atom. The van der Waals surface area contributed by atoms with Crippen molar-refractivity contribution in [3.63, 3.8) is 0 Å². The van der Waals surface area contributed by atoms with E-state index in [1.807, 2.05) is 27.7 Å². The molecule has 1 atom stereocenters. The van der Waals surface area contributed by atoms with Gasteiger partial charge in [0.25, 0.3) is 0 Å². The van der Waals surface area contributed by atoms with E-state index in [4.69, 9.17) is 0 Å². The number of hydrogen-bond donors (Lipinski definition) is 2. The highest BCUT2D eigenvalue weighted by atomic mass is 32.2. The highest BCUT2D eigenvalue weighted by Crippen LogP contribution is 2.37. The summed E-state index contributed by atoms with van der Waals surface area (Å²) in [5, 5.41) is 5.30. The molecule has 0 spiro atoms. The molecule has 0 aliphatic heterocycles. The monoisotopic (exact) mass is 320 g/mol. The van der Waals surface area contributed by atoms with Gasteiger partial charge in [0.05, 0.1) is 0 Å². The van der Waals surface area contributed by atoms with Crippen LogP contribution in [-0.4, -0.2) is 17.6 Å². The Labute approximate surface area is 126 Å². The van der Waals surface area contributed by atoms with Crippen LogP contribution >= 0.6 is 11.8 Å². The van der Waals surface area contributed by atoms with Crippen LogP contribution in [0.2, 0.25) is 0 Å². The molecule has 21 heavy (non-hydrogen) atoms. The van der Waals surface area contributed by atoms with E-state index in [0.29, 0.717) is 5.69 Å². The van der Waals surface area contributed by atoms with Crippen LogP contribution in [0.3, 0.4) is 0 Å². The molecule has 7 heteroatoms. The second-order valence-electron chi connectivity index (χ2n) is 5.76. The predicted molar refractivity (Wildman–Crippen MR) is 79.4 cm³/mol. The number of thioether (sulfide) groups is 1. The molecular formula is C14H19F3N2OS. The second kappa shape index (κ2) is 6.60. The Bertz CT molecular complexity index is 498. The molecule has 2 N–H and O–H groups in total. The largest absolute Gasteiger partial charge is 0.446 e. The molecule has 0 aliphatic rings. The van der Waals surface area contributed by atoms with Crippen LogP contribution in [0.5, 0.6) is 0 Å². The van der Waals surface area contributed by atoms with Gasteiger partial charge in [-0.05, 0) is 42.3 Å². The van der Waals surface area contributed by atoms with Gasteiger partial charge in [-0.15, -0.1) is 0 Å². The fraction of sp³-hybridized carbons (Fsp3) is 0.500. The molecule has 1 unspecified atom stereocenters. The summed E-state index contributed by atoms with van der Waals surface area (Å²) in [4.78, 5) is 11.8. The number of rotatable bonds is 3. The van der Waals surface area contributed by atoms with Crippen LogP contribution < -0.4 is 10.6 Å². The predicted octanol–water partition coefficient (Wildman–Crippen LogP) is 4.85. The molecule has 0 aromatic heterocycles. The third-order valence-corrected chi connectivity index (χ3v) is 3.69. The lowest BCUT2D eigenvalue weighted by Gasteiger charge is -2.28. The first-order valence-electron chi connectivity index (χ1n) is 6.41. The molecule has 1 aromatic rings. The first kappa shape index (κ1) is 17.7. The van der Waals surface area contributed by atoms with Crippen molar-refractivity contribution < 1.29 is 18.0 Å². The molecule has 0 radical (unpaired) electrons. The lowest BCUT2D eigenvalue weighted by molar-refractivity contribution is -0.0328.